The summed E-state index contributed by atoms with van der Waals surface area (Å²) in [7, 11) is 2.11. The highest BCUT2D eigenvalue weighted by atomic mass is 35.5. The van der Waals surface area contributed by atoms with Crippen LogP contribution in [-0.4, -0.2) is 29.3 Å². The predicted molar refractivity (Wildman–Crippen MR) is 124 cm³/mol. The van der Waals surface area contributed by atoms with Gasteiger partial charge in [-0.25, -0.2) is 0 Å². The van der Waals surface area contributed by atoms with Gasteiger partial charge in [0.05, 0.1) is 11.1 Å². The van der Waals surface area contributed by atoms with Crippen molar-refractivity contribution in [3.8, 4) is 5.75 Å². The van der Waals surface area contributed by atoms with E-state index in [0.29, 0.717) is 6.10 Å². The van der Waals surface area contributed by atoms with Crippen molar-refractivity contribution >= 4 is 11.6 Å². The number of rotatable bonds is 8. The second-order valence-corrected chi connectivity index (χ2v) is 11.2. The normalized spacial score (nSPS) is 19.1. The minimum absolute atomic E-state index is 0.206. The second-order valence-electron chi connectivity index (χ2n) is 10.3. The molecule has 1 aromatic rings. The van der Waals surface area contributed by atoms with Crippen molar-refractivity contribution in [3.63, 3.8) is 0 Å². The van der Waals surface area contributed by atoms with Gasteiger partial charge in [-0.05, 0) is 70.2 Å². The van der Waals surface area contributed by atoms with Crippen LogP contribution in [-0.2, 0) is 4.74 Å². The van der Waals surface area contributed by atoms with Gasteiger partial charge < -0.3 is 9.47 Å². The molecular formula is C25H42ClNO2. The Bertz CT molecular complexity index is 595. The third-order valence-corrected chi connectivity index (χ3v) is 6.13. The number of nitrogens with zero attached hydrogens (tertiary/aromatic N) is 1. The summed E-state index contributed by atoms with van der Waals surface area (Å²) in [5, 5.41) is 0. The van der Waals surface area contributed by atoms with E-state index >= 15 is 0 Å². The number of hydrogen-bond acceptors (Lipinski definition) is 3. The van der Waals surface area contributed by atoms with Crippen molar-refractivity contribution in [1.29, 1.82) is 0 Å². The molecule has 0 amide bonds. The van der Waals surface area contributed by atoms with Gasteiger partial charge in [0.25, 0.3) is 0 Å². The highest BCUT2D eigenvalue weighted by molar-refractivity contribution is 6.23. The van der Waals surface area contributed by atoms with Gasteiger partial charge in [0, 0.05) is 6.04 Å². The Balaban J connectivity index is 2.03. The van der Waals surface area contributed by atoms with E-state index in [-0.39, 0.29) is 17.7 Å². The highest BCUT2D eigenvalue weighted by Crippen LogP contribution is 2.38. The third-order valence-electron chi connectivity index (χ3n) is 5.87. The summed E-state index contributed by atoms with van der Waals surface area (Å²) in [6, 6.07) is 8.71. The molecule has 1 aromatic carbocycles. The summed E-state index contributed by atoms with van der Waals surface area (Å²) < 4.78 is 12.2. The van der Waals surface area contributed by atoms with Crippen molar-refractivity contribution < 1.29 is 9.47 Å². The smallest absolute Gasteiger partial charge is 0.197 e. The molecule has 0 N–H and O–H groups in total. The topological polar surface area (TPSA) is 21.7 Å². The monoisotopic (exact) mass is 423 g/mol. The fourth-order valence-electron chi connectivity index (χ4n) is 4.07. The van der Waals surface area contributed by atoms with Gasteiger partial charge in [-0.1, -0.05) is 58.6 Å². The molecule has 1 aliphatic carbocycles. The fourth-order valence-corrected chi connectivity index (χ4v) is 4.18. The molecule has 0 aromatic heterocycles. The molecule has 1 fully saturated rings. The zero-order chi connectivity index (χ0) is 21.7. The number of halogens is 1. The first-order chi connectivity index (χ1) is 13.5. The Kier molecular flexibility index (Phi) is 8.87. The lowest BCUT2D eigenvalue weighted by molar-refractivity contribution is -0.111. The molecule has 166 valence electrons. The van der Waals surface area contributed by atoms with E-state index < -0.39 is 5.00 Å². The summed E-state index contributed by atoms with van der Waals surface area (Å²) >= 11 is 6.65. The fraction of sp³-hybridized carbons (Fsp3) is 0.760. The molecule has 4 heteroatoms. The molecule has 0 bridgehead atoms. The van der Waals surface area contributed by atoms with Crippen molar-refractivity contribution in [2.45, 2.75) is 110 Å². The van der Waals surface area contributed by atoms with Gasteiger partial charge in [0.2, 0.25) is 0 Å². The molecule has 1 saturated carbocycles. The summed E-state index contributed by atoms with van der Waals surface area (Å²) in [6.45, 7) is 12.9. The number of ether oxygens (including phenoxy) is 2. The van der Waals surface area contributed by atoms with Crippen molar-refractivity contribution in [3.05, 3.63) is 29.8 Å². The van der Waals surface area contributed by atoms with Crippen molar-refractivity contribution in [2.24, 2.45) is 5.41 Å². The van der Waals surface area contributed by atoms with Crippen LogP contribution >= 0.6 is 11.6 Å². The maximum absolute atomic E-state index is 6.65. The first-order valence-electron chi connectivity index (χ1n) is 11.3. The maximum atomic E-state index is 6.65. The van der Waals surface area contributed by atoms with Gasteiger partial charge in [0.1, 0.15) is 5.75 Å². The van der Waals surface area contributed by atoms with Crippen LogP contribution in [0.2, 0.25) is 0 Å². The van der Waals surface area contributed by atoms with Crippen LogP contribution in [0.5, 0.6) is 5.75 Å². The summed E-state index contributed by atoms with van der Waals surface area (Å²) in [5.41, 5.74) is 1.47. The Morgan fingerprint density at radius 2 is 1.55 bits per heavy atom. The first-order valence-corrected chi connectivity index (χ1v) is 11.7. The van der Waals surface area contributed by atoms with Crippen LogP contribution in [0.1, 0.15) is 98.1 Å². The van der Waals surface area contributed by atoms with E-state index in [1.54, 1.807) is 0 Å². The number of alkyl halides is 1. The van der Waals surface area contributed by atoms with Crippen LogP contribution in [0.3, 0.4) is 0 Å². The lowest BCUT2D eigenvalue weighted by Gasteiger charge is -2.40. The van der Waals surface area contributed by atoms with Gasteiger partial charge in [-0.2, -0.15) is 0 Å². The van der Waals surface area contributed by atoms with Gasteiger partial charge in [0.15, 0.2) is 6.29 Å². The molecule has 1 aliphatic rings. The molecule has 0 spiro atoms. The standard InChI is InChI=1S/C25H42ClNO2/c1-19(28-21-12-10-8-9-11-13-21)29-22-16-14-20(15-17-22)23(18-24(2,3)4)27(7)25(5,6)26/h14-17,19,21,23H,8-13,18H2,1-7H3. The molecule has 2 rings (SSSR count). The first kappa shape index (κ1) is 24.5. The molecule has 0 radical (unpaired) electrons. The minimum atomic E-state index is -0.411. The second kappa shape index (κ2) is 10.5. The summed E-state index contributed by atoms with van der Waals surface area (Å²) in [6.07, 6.45) is 8.66. The molecule has 3 nitrogen and oxygen atoms in total. The van der Waals surface area contributed by atoms with E-state index in [4.69, 9.17) is 21.1 Å². The van der Waals surface area contributed by atoms with Crippen LogP contribution in [0.25, 0.3) is 0 Å². The Hall–Kier alpha value is -0.770. The Morgan fingerprint density at radius 1 is 1.00 bits per heavy atom. The van der Waals surface area contributed by atoms with Crippen molar-refractivity contribution in [2.75, 3.05) is 7.05 Å². The van der Waals surface area contributed by atoms with E-state index in [1.807, 2.05) is 20.8 Å². The van der Waals surface area contributed by atoms with Crippen LogP contribution in [0.4, 0.5) is 0 Å². The molecule has 29 heavy (non-hydrogen) atoms. The highest BCUT2D eigenvalue weighted by Gasteiger charge is 2.31. The number of benzene rings is 1. The maximum Gasteiger partial charge on any atom is 0.197 e. The average Bonchev–Trinajstić information content (AvgIpc) is 2.87. The van der Waals surface area contributed by atoms with E-state index in [0.717, 1.165) is 25.0 Å². The molecule has 2 atom stereocenters. The molecule has 0 aliphatic heterocycles. The quantitative estimate of drug-likeness (QED) is 0.186. The van der Waals surface area contributed by atoms with Gasteiger partial charge in [-0.3, -0.25) is 4.90 Å². The van der Waals surface area contributed by atoms with Crippen LogP contribution in [0, 0.1) is 5.41 Å². The van der Waals surface area contributed by atoms with E-state index in [1.165, 1.54) is 31.2 Å². The molecule has 2 unspecified atom stereocenters. The van der Waals surface area contributed by atoms with Crippen LogP contribution in [0.15, 0.2) is 24.3 Å². The van der Waals surface area contributed by atoms with Crippen molar-refractivity contribution in [1.82, 2.24) is 4.90 Å². The van der Waals surface area contributed by atoms with Crippen LogP contribution < -0.4 is 4.74 Å². The average molecular weight is 424 g/mol. The molecular weight excluding hydrogens is 382 g/mol. The predicted octanol–water partition coefficient (Wildman–Crippen LogP) is 7.53. The summed E-state index contributed by atoms with van der Waals surface area (Å²) in [4.78, 5) is 1.85. The molecule has 0 heterocycles. The zero-order valence-corrected chi connectivity index (χ0v) is 20.4. The SMILES string of the molecule is CC(Oc1ccc(C(CC(C)(C)C)N(C)C(C)(C)Cl)cc1)OC1CCCCCC1. The third kappa shape index (κ3) is 8.47. The lowest BCUT2D eigenvalue weighted by atomic mass is 9.84. The Labute approximate surface area is 184 Å². The lowest BCUT2D eigenvalue weighted by Crippen LogP contribution is -2.40. The minimum Gasteiger partial charge on any atom is -0.465 e. The number of hydrogen-bond donors (Lipinski definition) is 0. The zero-order valence-electron chi connectivity index (χ0n) is 19.6. The van der Waals surface area contributed by atoms with Gasteiger partial charge >= 0.3 is 0 Å². The van der Waals surface area contributed by atoms with E-state index in [2.05, 4.69) is 57.0 Å². The molecule has 0 saturated heterocycles. The van der Waals surface area contributed by atoms with Gasteiger partial charge in [-0.15, -0.1) is 11.6 Å². The largest absolute Gasteiger partial charge is 0.465 e. The van der Waals surface area contributed by atoms with E-state index in [9.17, 15) is 0 Å². The Morgan fingerprint density at radius 3 is 2.03 bits per heavy atom. The summed E-state index contributed by atoms with van der Waals surface area (Å²) in [5.74, 6) is 0.858.